The van der Waals surface area contributed by atoms with E-state index < -0.39 is 0 Å². The lowest BCUT2D eigenvalue weighted by Crippen LogP contribution is -2.20. The Morgan fingerprint density at radius 1 is 1.00 bits per heavy atom. The Kier molecular flexibility index (Phi) is 7.58. The molecular formula is C11H25N. The van der Waals surface area contributed by atoms with E-state index in [1.54, 1.807) is 0 Å². The fourth-order valence-corrected chi connectivity index (χ4v) is 1.35. The van der Waals surface area contributed by atoms with Gasteiger partial charge in [-0.3, -0.25) is 0 Å². The Labute approximate surface area is 77.7 Å². The first-order chi connectivity index (χ1) is 5.66. The standard InChI is InChI=1S/C11H25N/c1-4-5-6-7-11(12)9-8-10(2)3/h10-11H,4-9,12H2,1-3H3. The van der Waals surface area contributed by atoms with Crippen LogP contribution in [0.4, 0.5) is 0 Å². The topological polar surface area (TPSA) is 26.0 Å². The van der Waals surface area contributed by atoms with Crippen molar-refractivity contribution in [3.05, 3.63) is 0 Å². The second kappa shape index (κ2) is 7.60. The summed E-state index contributed by atoms with van der Waals surface area (Å²) in [5, 5.41) is 0. The summed E-state index contributed by atoms with van der Waals surface area (Å²) in [7, 11) is 0. The van der Waals surface area contributed by atoms with Crippen LogP contribution in [-0.4, -0.2) is 6.04 Å². The van der Waals surface area contributed by atoms with Crippen LogP contribution in [0, 0.1) is 5.92 Å². The van der Waals surface area contributed by atoms with Crippen LogP contribution >= 0.6 is 0 Å². The fraction of sp³-hybridized carbons (Fsp3) is 1.00. The molecule has 1 heteroatoms. The lowest BCUT2D eigenvalue weighted by Gasteiger charge is -2.12. The highest BCUT2D eigenvalue weighted by molar-refractivity contribution is 4.62. The second-order valence-electron chi connectivity index (χ2n) is 4.23. The molecular weight excluding hydrogens is 146 g/mol. The highest BCUT2D eigenvalue weighted by atomic mass is 14.6. The van der Waals surface area contributed by atoms with Crippen LogP contribution in [0.15, 0.2) is 0 Å². The van der Waals surface area contributed by atoms with E-state index in [0.29, 0.717) is 6.04 Å². The van der Waals surface area contributed by atoms with E-state index in [0.717, 1.165) is 5.92 Å². The summed E-state index contributed by atoms with van der Waals surface area (Å²) in [5.41, 5.74) is 5.96. The summed E-state index contributed by atoms with van der Waals surface area (Å²) in [6, 6.07) is 0.457. The molecule has 0 radical (unpaired) electrons. The van der Waals surface area contributed by atoms with Gasteiger partial charge in [-0.15, -0.1) is 0 Å². The van der Waals surface area contributed by atoms with Crippen molar-refractivity contribution in [3.8, 4) is 0 Å². The van der Waals surface area contributed by atoms with E-state index in [1.165, 1.54) is 38.5 Å². The average Bonchev–Trinajstić information content (AvgIpc) is 2.01. The largest absolute Gasteiger partial charge is 0.328 e. The third-order valence-electron chi connectivity index (χ3n) is 2.29. The van der Waals surface area contributed by atoms with Crippen molar-refractivity contribution in [2.75, 3.05) is 0 Å². The number of hydrogen-bond donors (Lipinski definition) is 1. The smallest absolute Gasteiger partial charge is 0.00389 e. The molecule has 0 aliphatic heterocycles. The van der Waals surface area contributed by atoms with Crippen LogP contribution in [0.2, 0.25) is 0 Å². The van der Waals surface area contributed by atoms with Gasteiger partial charge in [0.05, 0.1) is 0 Å². The zero-order chi connectivity index (χ0) is 9.40. The average molecular weight is 171 g/mol. The summed E-state index contributed by atoms with van der Waals surface area (Å²) < 4.78 is 0. The number of unbranched alkanes of at least 4 members (excludes halogenated alkanes) is 2. The van der Waals surface area contributed by atoms with Crippen molar-refractivity contribution in [3.63, 3.8) is 0 Å². The van der Waals surface area contributed by atoms with E-state index in [9.17, 15) is 0 Å². The molecule has 12 heavy (non-hydrogen) atoms. The first-order valence-electron chi connectivity index (χ1n) is 5.42. The molecule has 0 bridgehead atoms. The number of rotatable bonds is 7. The molecule has 0 heterocycles. The maximum absolute atomic E-state index is 5.96. The van der Waals surface area contributed by atoms with Gasteiger partial charge in [0.1, 0.15) is 0 Å². The second-order valence-corrected chi connectivity index (χ2v) is 4.23. The van der Waals surface area contributed by atoms with Crippen molar-refractivity contribution >= 4 is 0 Å². The molecule has 0 aromatic rings. The molecule has 0 rings (SSSR count). The van der Waals surface area contributed by atoms with Gasteiger partial charge in [0.25, 0.3) is 0 Å². The van der Waals surface area contributed by atoms with Crippen LogP contribution < -0.4 is 5.73 Å². The summed E-state index contributed by atoms with van der Waals surface area (Å²) in [6.07, 6.45) is 7.68. The fourth-order valence-electron chi connectivity index (χ4n) is 1.35. The lowest BCUT2D eigenvalue weighted by molar-refractivity contribution is 0.464. The van der Waals surface area contributed by atoms with Gasteiger partial charge in [-0.05, 0) is 25.2 Å². The van der Waals surface area contributed by atoms with Crippen LogP contribution in [0.3, 0.4) is 0 Å². The van der Waals surface area contributed by atoms with E-state index in [4.69, 9.17) is 5.73 Å². The molecule has 0 aliphatic carbocycles. The molecule has 1 nitrogen and oxygen atoms in total. The van der Waals surface area contributed by atoms with Crippen LogP contribution in [0.25, 0.3) is 0 Å². The predicted molar refractivity (Wildman–Crippen MR) is 56.2 cm³/mol. The number of hydrogen-bond acceptors (Lipinski definition) is 1. The summed E-state index contributed by atoms with van der Waals surface area (Å²) >= 11 is 0. The Bertz CT molecular complexity index is 89.0. The molecule has 0 fully saturated rings. The number of nitrogens with two attached hydrogens (primary N) is 1. The van der Waals surface area contributed by atoms with Gasteiger partial charge in [0, 0.05) is 6.04 Å². The Balaban J connectivity index is 3.15. The molecule has 1 unspecified atom stereocenters. The van der Waals surface area contributed by atoms with Gasteiger partial charge < -0.3 is 5.73 Å². The van der Waals surface area contributed by atoms with Gasteiger partial charge in [0.15, 0.2) is 0 Å². The van der Waals surface area contributed by atoms with E-state index in [1.807, 2.05) is 0 Å². The minimum atomic E-state index is 0.457. The normalized spacial score (nSPS) is 13.8. The molecule has 0 saturated heterocycles. The van der Waals surface area contributed by atoms with Gasteiger partial charge in [0.2, 0.25) is 0 Å². The first kappa shape index (κ1) is 12.0. The Morgan fingerprint density at radius 3 is 2.17 bits per heavy atom. The highest BCUT2D eigenvalue weighted by Crippen LogP contribution is 2.10. The molecule has 0 aromatic carbocycles. The van der Waals surface area contributed by atoms with E-state index in [2.05, 4.69) is 20.8 Å². The van der Waals surface area contributed by atoms with Crippen molar-refractivity contribution in [2.45, 2.75) is 65.3 Å². The maximum Gasteiger partial charge on any atom is 0.00389 e. The van der Waals surface area contributed by atoms with E-state index >= 15 is 0 Å². The van der Waals surface area contributed by atoms with Gasteiger partial charge >= 0.3 is 0 Å². The van der Waals surface area contributed by atoms with Crippen molar-refractivity contribution in [1.29, 1.82) is 0 Å². The van der Waals surface area contributed by atoms with Crippen molar-refractivity contribution in [1.82, 2.24) is 0 Å². The zero-order valence-electron chi connectivity index (χ0n) is 8.97. The monoisotopic (exact) mass is 171 g/mol. The molecule has 2 N–H and O–H groups in total. The first-order valence-corrected chi connectivity index (χ1v) is 5.42. The third kappa shape index (κ3) is 8.06. The predicted octanol–water partition coefficient (Wildman–Crippen LogP) is 3.33. The summed E-state index contributed by atoms with van der Waals surface area (Å²) in [4.78, 5) is 0. The zero-order valence-corrected chi connectivity index (χ0v) is 8.97. The molecule has 1 atom stereocenters. The van der Waals surface area contributed by atoms with Crippen molar-refractivity contribution < 1.29 is 0 Å². The third-order valence-corrected chi connectivity index (χ3v) is 2.29. The van der Waals surface area contributed by atoms with Gasteiger partial charge in [-0.25, -0.2) is 0 Å². The van der Waals surface area contributed by atoms with Crippen LogP contribution in [-0.2, 0) is 0 Å². The van der Waals surface area contributed by atoms with Gasteiger partial charge in [-0.1, -0.05) is 40.0 Å². The van der Waals surface area contributed by atoms with Crippen molar-refractivity contribution in [2.24, 2.45) is 11.7 Å². The van der Waals surface area contributed by atoms with Gasteiger partial charge in [-0.2, -0.15) is 0 Å². The SMILES string of the molecule is CCCCCC(N)CCC(C)C. The minimum Gasteiger partial charge on any atom is -0.328 e. The molecule has 0 aliphatic rings. The quantitative estimate of drug-likeness (QED) is 0.584. The van der Waals surface area contributed by atoms with E-state index in [-0.39, 0.29) is 0 Å². The molecule has 0 saturated carbocycles. The highest BCUT2D eigenvalue weighted by Gasteiger charge is 2.02. The lowest BCUT2D eigenvalue weighted by atomic mass is 10.00. The Morgan fingerprint density at radius 2 is 1.67 bits per heavy atom. The van der Waals surface area contributed by atoms with Crippen LogP contribution in [0.1, 0.15) is 59.3 Å². The maximum atomic E-state index is 5.96. The summed E-state index contributed by atoms with van der Waals surface area (Å²) in [5.74, 6) is 0.808. The molecule has 74 valence electrons. The minimum absolute atomic E-state index is 0.457. The summed E-state index contributed by atoms with van der Waals surface area (Å²) in [6.45, 7) is 6.76. The molecule has 0 amide bonds. The molecule has 0 spiro atoms. The Hall–Kier alpha value is -0.0400. The molecule has 0 aromatic heterocycles. The van der Waals surface area contributed by atoms with Crippen LogP contribution in [0.5, 0.6) is 0 Å².